The molecule has 7 nitrogen and oxygen atoms in total. The molecule has 0 unspecified atom stereocenters. The molecule has 2 aliphatic heterocycles. The van der Waals surface area contributed by atoms with E-state index in [1.165, 1.54) is 5.56 Å². The molecule has 2 aliphatic rings. The van der Waals surface area contributed by atoms with Gasteiger partial charge in [0.2, 0.25) is 5.95 Å². The molecule has 0 spiro atoms. The monoisotopic (exact) mass is 335 g/mol. The number of nitrogens with zero attached hydrogens (tertiary/aromatic N) is 4. The van der Waals surface area contributed by atoms with Gasteiger partial charge in [-0.05, 0) is 12.8 Å². The summed E-state index contributed by atoms with van der Waals surface area (Å²) in [5.41, 5.74) is 1.17. The lowest BCUT2D eigenvalue weighted by molar-refractivity contribution is 0.0937. The smallest absolute Gasteiger partial charge is 0.222 e. The molecule has 0 saturated carbocycles. The van der Waals surface area contributed by atoms with Crippen molar-refractivity contribution in [3.05, 3.63) is 18.0 Å². The second-order valence-corrected chi connectivity index (χ2v) is 6.54. The van der Waals surface area contributed by atoms with Crippen LogP contribution in [-0.2, 0) is 16.0 Å². The zero-order valence-corrected chi connectivity index (χ0v) is 14.6. The van der Waals surface area contributed by atoms with Crippen LogP contribution in [-0.4, -0.2) is 85.5 Å². The molecular formula is C17H29N5O2. The molecule has 7 heteroatoms. The first-order chi connectivity index (χ1) is 11.8. The second kappa shape index (κ2) is 9.27. The molecule has 0 aliphatic carbocycles. The van der Waals surface area contributed by atoms with Crippen LogP contribution in [0, 0.1) is 0 Å². The normalized spacial score (nSPS) is 22.8. The van der Waals surface area contributed by atoms with Crippen molar-refractivity contribution in [2.24, 2.45) is 0 Å². The SMILES string of the molecule is COCCN1CCN(Cc2cnc(NC[C@H]3CCCO3)nc2)CC1. The number of nitrogens with one attached hydrogen (secondary N) is 1. The number of methoxy groups -OCH3 is 1. The van der Waals surface area contributed by atoms with Crippen LogP contribution in [0.1, 0.15) is 18.4 Å². The van der Waals surface area contributed by atoms with Gasteiger partial charge >= 0.3 is 0 Å². The van der Waals surface area contributed by atoms with E-state index in [1.807, 2.05) is 12.4 Å². The van der Waals surface area contributed by atoms with Gasteiger partial charge in [0.25, 0.3) is 0 Å². The van der Waals surface area contributed by atoms with Crippen molar-refractivity contribution < 1.29 is 9.47 Å². The van der Waals surface area contributed by atoms with Gasteiger partial charge in [-0.2, -0.15) is 0 Å². The largest absolute Gasteiger partial charge is 0.383 e. The van der Waals surface area contributed by atoms with E-state index in [4.69, 9.17) is 9.47 Å². The Morgan fingerprint density at radius 2 is 1.96 bits per heavy atom. The number of hydrogen-bond acceptors (Lipinski definition) is 7. The molecule has 1 aromatic rings. The summed E-state index contributed by atoms with van der Waals surface area (Å²) in [6, 6.07) is 0. The van der Waals surface area contributed by atoms with Crippen molar-refractivity contribution >= 4 is 5.95 Å². The highest BCUT2D eigenvalue weighted by atomic mass is 16.5. The summed E-state index contributed by atoms with van der Waals surface area (Å²) in [7, 11) is 1.76. The molecule has 2 fully saturated rings. The number of piperazine rings is 1. The van der Waals surface area contributed by atoms with Gasteiger partial charge in [-0.1, -0.05) is 0 Å². The Labute approximate surface area is 144 Å². The first-order valence-electron chi connectivity index (χ1n) is 8.93. The first kappa shape index (κ1) is 17.5. The number of rotatable bonds is 8. The fourth-order valence-electron chi connectivity index (χ4n) is 3.19. The average Bonchev–Trinajstić information content (AvgIpc) is 3.14. The van der Waals surface area contributed by atoms with Crippen molar-refractivity contribution in [2.45, 2.75) is 25.5 Å². The van der Waals surface area contributed by atoms with Crippen molar-refractivity contribution in [2.75, 3.05) is 64.9 Å². The number of anilines is 1. The van der Waals surface area contributed by atoms with Crippen LogP contribution in [0.5, 0.6) is 0 Å². The number of hydrogen-bond donors (Lipinski definition) is 1. The predicted octanol–water partition coefficient (Wildman–Crippen LogP) is 0.832. The molecular weight excluding hydrogens is 306 g/mol. The van der Waals surface area contributed by atoms with E-state index in [9.17, 15) is 0 Å². The Morgan fingerprint density at radius 1 is 1.21 bits per heavy atom. The average molecular weight is 335 g/mol. The minimum atomic E-state index is 0.308. The van der Waals surface area contributed by atoms with Crippen LogP contribution in [0.4, 0.5) is 5.95 Å². The lowest BCUT2D eigenvalue weighted by atomic mass is 10.2. The molecule has 1 atom stereocenters. The Balaban J connectivity index is 1.38. The topological polar surface area (TPSA) is 62.8 Å². The fraction of sp³-hybridized carbons (Fsp3) is 0.765. The lowest BCUT2D eigenvalue weighted by Gasteiger charge is -2.34. The Morgan fingerprint density at radius 3 is 2.62 bits per heavy atom. The quantitative estimate of drug-likeness (QED) is 0.755. The van der Waals surface area contributed by atoms with Gasteiger partial charge in [0.05, 0.1) is 12.7 Å². The number of ether oxygens (including phenoxy) is 2. The molecule has 1 aromatic heterocycles. The molecule has 134 valence electrons. The Bertz CT molecular complexity index is 470. The van der Waals surface area contributed by atoms with Gasteiger partial charge in [0, 0.05) is 77.5 Å². The van der Waals surface area contributed by atoms with Crippen LogP contribution in [0.25, 0.3) is 0 Å². The third-order valence-corrected chi connectivity index (χ3v) is 4.70. The van der Waals surface area contributed by atoms with E-state index in [0.29, 0.717) is 12.1 Å². The lowest BCUT2D eigenvalue weighted by Crippen LogP contribution is -2.46. The predicted molar refractivity (Wildman–Crippen MR) is 93.1 cm³/mol. The maximum atomic E-state index is 5.60. The summed E-state index contributed by atoms with van der Waals surface area (Å²) >= 11 is 0. The van der Waals surface area contributed by atoms with Crippen molar-refractivity contribution in [1.29, 1.82) is 0 Å². The zero-order chi connectivity index (χ0) is 16.6. The molecule has 0 radical (unpaired) electrons. The van der Waals surface area contributed by atoms with Gasteiger partial charge in [0.1, 0.15) is 0 Å². The molecule has 2 saturated heterocycles. The highest BCUT2D eigenvalue weighted by Crippen LogP contribution is 2.13. The summed E-state index contributed by atoms with van der Waals surface area (Å²) in [5.74, 6) is 0.693. The van der Waals surface area contributed by atoms with Gasteiger partial charge in [-0.25, -0.2) is 9.97 Å². The highest BCUT2D eigenvalue weighted by Gasteiger charge is 2.17. The Kier molecular flexibility index (Phi) is 6.77. The van der Waals surface area contributed by atoms with E-state index in [1.54, 1.807) is 7.11 Å². The fourth-order valence-corrected chi connectivity index (χ4v) is 3.19. The third kappa shape index (κ3) is 5.37. The zero-order valence-electron chi connectivity index (χ0n) is 14.6. The van der Waals surface area contributed by atoms with E-state index in [2.05, 4.69) is 25.1 Å². The van der Waals surface area contributed by atoms with E-state index in [-0.39, 0.29) is 0 Å². The summed E-state index contributed by atoms with van der Waals surface area (Å²) in [6.45, 7) is 8.81. The Hall–Kier alpha value is -1.28. The second-order valence-electron chi connectivity index (χ2n) is 6.54. The number of aromatic nitrogens is 2. The molecule has 24 heavy (non-hydrogen) atoms. The van der Waals surface area contributed by atoms with E-state index >= 15 is 0 Å². The van der Waals surface area contributed by atoms with Crippen molar-refractivity contribution in [3.63, 3.8) is 0 Å². The van der Waals surface area contributed by atoms with E-state index < -0.39 is 0 Å². The van der Waals surface area contributed by atoms with Crippen LogP contribution in [0.2, 0.25) is 0 Å². The minimum Gasteiger partial charge on any atom is -0.383 e. The van der Waals surface area contributed by atoms with Crippen LogP contribution >= 0.6 is 0 Å². The first-order valence-corrected chi connectivity index (χ1v) is 8.93. The summed E-state index contributed by atoms with van der Waals surface area (Å²) < 4.78 is 10.7. The van der Waals surface area contributed by atoms with Crippen molar-refractivity contribution in [1.82, 2.24) is 19.8 Å². The van der Waals surface area contributed by atoms with Gasteiger partial charge in [-0.15, -0.1) is 0 Å². The molecule has 0 aromatic carbocycles. The summed E-state index contributed by atoms with van der Waals surface area (Å²) in [6.07, 6.45) is 6.46. The molecule has 3 heterocycles. The van der Waals surface area contributed by atoms with Crippen molar-refractivity contribution in [3.8, 4) is 0 Å². The van der Waals surface area contributed by atoms with Gasteiger partial charge < -0.3 is 14.8 Å². The molecule has 3 rings (SSSR count). The standard InChI is InChI=1S/C17H29N5O2/c1-23-10-8-21-4-6-22(7-5-21)14-15-11-18-17(19-12-15)20-13-16-3-2-9-24-16/h11-12,16H,2-10,13-14H2,1H3,(H,18,19,20)/t16-/m1/s1. The summed E-state index contributed by atoms with van der Waals surface area (Å²) in [5, 5.41) is 3.26. The van der Waals surface area contributed by atoms with Gasteiger partial charge in [0.15, 0.2) is 0 Å². The summed E-state index contributed by atoms with van der Waals surface area (Å²) in [4.78, 5) is 13.8. The highest BCUT2D eigenvalue weighted by molar-refractivity contribution is 5.24. The molecule has 0 bridgehead atoms. The maximum absolute atomic E-state index is 5.60. The van der Waals surface area contributed by atoms with Crippen LogP contribution in [0.15, 0.2) is 12.4 Å². The van der Waals surface area contributed by atoms with Gasteiger partial charge in [-0.3, -0.25) is 9.80 Å². The third-order valence-electron chi connectivity index (χ3n) is 4.70. The molecule has 1 N–H and O–H groups in total. The molecule has 0 amide bonds. The van der Waals surface area contributed by atoms with E-state index in [0.717, 1.165) is 71.9 Å². The van der Waals surface area contributed by atoms with Crippen LogP contribution < -0.4 is 5.32 Å². The van der Waals surface area contributed by atoms with Crippen LogP contribution in [0.3, 0.4) is 0 Å². The minimum absolute atomic E-state index is 0.308. The maximum Gasteiger partial charge on any atom is 0.222 e.